The lowest BCUT2D eigenvalue weighted by Gasteiger charge is -2.26. The van der Waals surface area contributed by atoms with Gasteiger partial charge in [-0.15, -0.1) is 0 Å². The summed E-state index contributed by atoms with van der Waals surface area (Å²) in [6, 6.07) is 0. The van der Waals surface area contributed by atoms with E-state index in [0.29, 0.717) is 24.9 Å². The van der Waals surface area contributed by atoms with E-state index in [1.165, 1.54) is 0 Å². The third kappa shape index (κ3) is 7.17. The van der Waals surface area contributed by atoms with Gasteiger partial charge in [-0.05, 0) is 38.0 Å². The molecule has 25 heavy (non-hydrogen) atoms. The lowest BCUT2D eigenvalue weighted by molar-refractivity contribution is 0.0360. The van der Waals surface area contributed by atoms with Crippen LogP contribution in [0.25, 0.3) is 4.85 Å². The van der Waals surface area contributed by atoms with Crippen molar-refractivity contribution in [2.45, 2.75) is 51.4 Å². The number of ether oxygens (including phenoxy) is 2. The fourth-order valence-electron chi connectivity index (χ4n) is 2.76. The molecule has 0 aromatic rings. The van der Waals surface area contributed by atoms with Gasteiger partial charge in [0.1, 0.15) is 6.61 Å². The highest BCUT2D eigenvalue weighted by Crippen LogP contribution is 2.44. The minimum absolute atomic E-state index is 0.0212. The first kappa shape index (κ1) is 17.5. The second kappa shape index (κ2) is 12.0. The van der Waals surface area contributed by atoms with Gasteiger partial charge in [0.2, 0.25) is 6.54 Å². The second-order valence-electron chi connectivity index (χ2n) is 6.18. The molecule has 0 aromatic heterocycles. The molecule has 0 aliphatic carbocycles. The largest absolute Gasteiger partial charge is 0.378 e. The topological polar surface area (TPSA) is 50.5 Å². The highest BCUT2D eigenvalue weighted by molar-refractivity contribution is 14.1. The van der Waals surface area contributed by atoms with Gasteiger partial charge >= 0.3 is 8.60 Å². The van der Waals surface area contributed by atoms with Gasteiger partial charge in [0.05, 0.1) is 27.7 Å². The van der Waals surface area contributed by atoms with Crippen molar-refractivity contribution in [1.82, 2.24) is 0 Å². The van der Waals surface area contributed by atoms with Gasteiger partial charge in [-0.2, -0.15) is 0 Å². The summed E-state index contributed by atoms with van der Waals surface area (Å²) in [5, 5.41) is 0. The first-order chi connectivity index (χ1) is 13.5. The van der Waals surface area contributed by atoms with Crippen LogP contribution in [0.15, 0.2) is 0 Å². The Hall–Kier alpha value is 0.450. The van der Waals surface area contributed by atoms with Crippen molar-refractivity contribution >= 4 is 31.2 Å². The summed E-state index contributed by atoms with van der Waals surface area (Å²) in [5.74, 6) is 0.650. The number of rotatable bonds is 11. The Balaban J connectivity index is 1.84. The molecule has 6 nitrogen and oxygen atoms in total. The molecule has 0 aromatic carbocycles. The maximum absolute atomic E-state index is 7.82. The zero-order valence-electron chi connectivity index (χ0n) is 17.5. The Bertz CT molecular complexity index is 506. The molecule has 0 saturated carbocycles. The molecule has 0 amide bonds. The van der Waals surface area contributed by atoms with E-state index in [1.54, 1.807) is 0 Å². The summed E-state index contributed by atoms with van der Waals surface area (Å²) in [5.41, 5.74) is 0. The van der Waals surface area contributed by atoms with Crippen LogP contribution >= 0.6 is 31.2 Å². The van der Waals surface area contributed by atoms with E-state index in [2.05, 4.69) is 34.4 Å². The molecule has 8 heteroatoms. The standard InChI is InChI=1S/C17H29INO5P/c1-13-4-8-21-17(13)15(12-18)5-10-22-25(23-11-7-19-3)24-16-6-9-20-14(16)2/h13-17H,4-12H2,1-2H3/t13-,14+,15-,16-,17-,25?/m0/s1/i2D,8T,9T/t8-,9-,13+,14-,15+,16+,17+,25?/m1. The molecule has 0 spiro atoms. The fourth-order valence-corrected chi connectivity index (χ4v) is 4.83. The van der Waals surface area contributed by atoms with Crippen LogP contribution in [0.2, 0.25) is 0 Å². The van der Waals surface area contributed by atoms with Gasteiger partial charge in [-0.25, -0.2) is 6.57 Å². The van der Waals surface area contributed by atoms with Crippen LogP contribution in [0.1, 0.15) is 37.2 Å². The number of hydrogen-bond acceptors (Lipinski definition) is 5. The van der Waals surface area contributed by atoms with Crippen molar-refractivity contribution in [3.8, 4) is 0 Å². The molecule has 0 bridgehead atoms. The van der Waals surface area contributed by atoms with Gasteiger partial charge in [-0.3, -0.25) is 0 Å². The molecule has 2 aliphatic rings. The smallest absolute Gasteiger partial charge is 0.333 e. The summed E-state index contributed by atoms with van der Waals surface area (Å²) < 4.78 is 52.5. The van der Waals surface area contributed by atoms with Gasteiger partial charge in [0.25, 0.3) is 0 Å². The molecular weight excluding hydrogens is 456 g/mol. The Morgan fingerprint density at radius 3 is 2.88 bits per heavy atom. The third-order valence-electron chi connectivity index (χ3n) is 4.27. The average molecular weight is 490 g/mol. The predicted octanol–water partition coefficient (Wildman–Crippen LogP) is 4.23. The van der Waals surface area contributed by atoms with Crippen LogP contribution in [-0.2, 0) is 23.0 Å². The minimum Gasteiger partial charge on any atom is -0.378 e. The molecule has 2 aliphatic heterocycles. The Morgan fingerprint density at radius 1 is 1.40 bits per heavy atom. The van der Waals surface area contributed by atoms with Crippen LogP contribution in [0.4, 0.5) is 0 Å². The van der Waals surface area contributed by atoms with Crippen molar-refractivity contribution in [3.05, 3.63) is 11.4 Å². The number of halogens is 1. The quantitative estimate of drug-likeness (QED) is 0.143. The minimum atomic E-state index is -1.67. The first-order valence-corrected chi connectivity index (χ1v) is 11.2. The normalized spacial score (nSPS) is 39.3. The molecule has 8 atom stereocenters. The van der Waals surface area contributed by atoms with Gasteiger partial charge in [0, 0.05) is 19.0 Å². The molecule has 2 saturated heterocycles. The molecular formula is C17H29INO5P. The van der Waals surface area contributed by atoms with E-state index in [-0.39, 0.29) is 26.2 Å². The maximum atomic E-state index is 7.82. The highest BCUT2D eigenvalue weighted by atomic mass is 127. The van der Waals surface area contributed by atoms with Gasteiger partial charge in [0.15, 0.2) is 0 Å². The summed E-state index contributed by atoms with van der Waals surface area (Å²) >= 11 is 2.35. The van der Waals surface area contributed by atoms with Crippen molar-refractivity contribution in [2.75, 3.05) is 37.4 Å². The fraction of sp³-hybridized carbons (Fsp3) is 0.941. The molecule has 1 unspecified atom stereocenters. The molecule has 2 fully saturated rings. The van der Waals surface area contributed by atoms with Gasteiger partial charge in [-0.1, -0.05) is 29.5 Å². The van der Waals surface area contributed by atoms with Crippen LogP contribution in [-0.4, -0.2) is 55.7 Å². The van der Waals surface area contributed by atoms with Crippen LogP contribution in [0.3, 0.4) is 0 Å². The summed E-state index contributed by atoms with van der Waals surface area (Å²) in [4.78, 5) is 3.28. The lowest BCUT2D eigenvalue weighted by Crippen LogP contribution is -2.27. The SMILES string of the molecule is [2H]C[C@H]1O[C@H]([3H])C[C@@H]1OP(OCC[N+]#[C-])OCC[C@@H](CI)[C@H]1O[C@H]([3H])C[C@@H]1C. The van der Waals surface area contributed by atoms with Crippen molar-refractivity contribution < 1.29 is 27.2 Å². The lowest BCUT2D eigenvalue weighted by atomic mass is 9.91. The van der Waals surface area contributed by atoms with Crippen LogP contribution in [0.5, 0.6) is 0 Å². The number of alkyl halides is 1. The monoisotopic (exact) mass is 490 g/mol. The second-order valence-corrected chi connectivity index (χ2v) is 8.23. The molecule has 144 valence electrons. The molecule has 0 N–H and O–H groups in total. The number of hydrogen-bond donors (Lipinski definition) is 0. The molecule has 2 rings (SSSR count). The highest BCUT2D eigenvalue weighted by Gasteiger charge is 2.32. The van der Waals surface area contributed by atoms with Crippen LogP contribution < -0.4 is 0 Å². The van der Waals surface area contributed by atoms with E-state index in [0.717, 1.165) is 17.3 Å². The first-order valence-electron chi connectivity index (χ1n) is 10.4. The van der Waals surface area contributed by atoms with Crippen molar-refractivity contribution in [1.29, 1.82) is 0 Å². The van der Waals surface area contributed by atoms with E-state index < -0.39 is 34.0 Å². The summed E-state index contributed by atoms with van der Waals surface area (Å²) in [6.07, 6.45) is 1.12. The third-order valence-corrected chi connectivity index (χ3v) is 6.63. The molecule has 2 heterocycles. The van der Waals surface area contributed by atoms with Crippen LogP contribution in [0, 0.1) is 18.4 Å². The maximum Gasteiger partial charge on any atom is 0.333 e. The summed E-state index contributed by atoms with van der Waals surface area (Å²) in [6.45, 7) is 8.77. The van der Waals surface area contributed by atoms with Crippen molar-refractivity contribution in [3.63, 3.8) is 0 Å². The zero-order valence-corrected chi connectivity index (χ0v) is 17.6. The van der Waals surface area contributed by atoms with E-state index in [1.807, 2.05) is 0 Å². The predicted molar refractivity (Wildman–Crippen MR) is 106 cm³/mol. The van der Waals surface area contributed by atoms with E-state index >= 15 is 0 Å². The van der Waals surface area contributed by atoms with Gasteiger partial charge < -0.3 is 27.9 Å². The average Bonchev–Trinajstić information content (AvgIpc) is 3.19. The number of nitrogens with zero attached hydrogens (tertiary/aromatic N) is 1. The molecule has 0 radical (unpaired) electrons. The Labute approximate surface area is 170 Å². The Morgan fingerprint density at radius 2 is 2.20 bits per heavy atom. The van der Waals surface area contributed by atoms with E-state index in [4.69, 9.17) is 33.7 Å². The zero-order chi connectivity index (χ0) is 20.5. The van der Waals surface area contributed by atoms with Crippen molar-refractivity contribution in [2.24, 2.45) is 11.8 Å². The summed E-state index contributed by atoms with van der Waals surface area (Å²) in [7, 11) is -1.67. The van der Waals surface area contributed by atoms with E-state index in [9.17, 15) is 0 Å². The Kier molecular flexibility index (Phi) is 8.43.